The number of halogens is 1. The topological polar surface area (TPSA) is 127 Å². The molecule has 0 aromatic heterocycles. The monoisotopic (exact) mass is 536 g/mol. The van der Waals surface area contributed by atoms with Crippen LogP contribution in [0, 0.1) is 0 Å². The first-order chi connectivity index (χ1) is 15.5. The fourth-order valence-electron chi connectivity index (χ4n) is 3.78. The Morgan fingerprint density at radius 2 is 1.06 bits per heavy atom. The fourth-order valence-corrected chi connectivity index (χ4v) is 5.04. The standard InChI is InChI=1S/C22H45ClO8S2/c1-2-3-4-5-13-16-19-22(31-33(27,28)29)21(23)18-15-12-10-8-6-7-9-11-14-17-20-30-32(24,25)26/h21-22H,2-20H2,1H3,(H,24,25,26)(H,27,28,29). The number of rotatable bonds is 24. The SMILES string of the molecule is CCCCCCCCC(OS(=O)(=O)O)C(Cl)CCCCCCCCCCCCOS(=O)(=O)O. The maximum Gasteiger partial charge on any atom is 0.397 e. The molecule has 11 heteroatoms. The van der Waals surface area contributed by atoms with Gasteiger partial charge >= 0.3 is 20.8 Å². The molecule has 0 saturated heterocycles. The van der Waals surface area contributed by atoms with Gasteiger partial charge in [-0.3, -0.25) is 9.11 Å². The molecule has 0 spiro atoms. The first kappa shape index (κ1) is 33.0. The Kier molecular flexibility index (Phi) is 20.3. The maximum atomic E-state index is 11.2. The molecular weight excluding hydrogens is 492 g/mol. The third-order valence-corrected chi connectivity index (χ3v) is 7.05. The minimum Gasteiger partial charge on any atom is -0.264 e. The lowest BCUT2D eigenvalue weighted by Crippen LogP contribution is -2.27. The van der Waals surface area contributed by atoms with Crippen molar-refractivity contribution in [2.45, 2.75) is 134 Å². The van der Waals surface area contributed by atoms with Crippen LogP contribution in [0.5, 0.6) is 0 Å². The first-order valence-corrected chi connectivity index (χ1v) is 15.6. The van der Waals surface area contributed by atoms with Gasteiger partial charge in [-0.05, 0) is 19.3 Å². The summed E-state index contributed by atoms with van der Waals surface area (Å²) in [5.41, 5.74) is 0. The Bertz CT molecular complexity index is 655. The molecule has 2 unspecified atom stereocenters. The van der Waals surface area contributed by atoms with Crippen molar-refractivity contribution in [3.05, 3.63) is 0 Å². The van der Waals surface area contributed by atoms with Crippen molar-refractivity contribution in [3.63, 3.8) is 0 Å². The molecule has 0 saturated carbocycles. The molecule has 33 heavy (non-hydrogen) atoms. The molecular formula is C22H45ClO8S2. The first-order valence-electron chi connectivity index (χ1n) is 12.5. The van der Waals surface area contributed by atoms with Crippen LogP contribution in [0.15, 0.2) is 0 Å². The Labute approximate surface area is 207 Å². The average molecular weight is 537 g/mol. The number of hydrogen-bond donors (Lipinski definition) is 2. The highest BCUT2D eigenvalue weighted by molar-refractivity contribution is 7.81. The van der Waals surface area contributed by atoms with Gasteiger partial charge in [-0.1, -0.05) is 103 Å². The molecule has 0 aromatic rings. The second-order valence-electron chi connectivity index (χ2n) is 8.71. The summed E-state index contributed by atoms with van der Waals surface area (Å²) in [6, 6.07) is 0. The highest BCUT2D eigenvalue weighted by Crippen LogP contribution is 2.23. The summed E-state index contributed by atoms with van der Waals surface area (Å²) in [5.74, 6) is 0. The van der Waals surface area contributed by atoms with Crippen LogP contribution in [-0.4, -0.2) is 44.0 Å². The van der Waals surface area contributed by atoms with Crippen molar-refractivity contribution in [2.75, 3.05) is 6.61 Å². The number of hydrogen-bond acceptors (Lipinski definition) is 6. The largest absolute Gasteiger partial charge is 0.397 e. The van der Waals surface area contributed by atoms with Crippen LogP contribution >= 0.6 is 11.6 Å². The third-order valence-electron chi connectivity index (χ3n) is 5.60. The summed E-state index contributed by atoms with van der Waals surface area (Å²) in [7, 11) is -8.83. The third kappa shape index (κ3) is 24.9. The molecule has 200 valence electrons. The van der Waals surface area contributed by atoms with Gasteiger partial charge in [0.15, 0.2) is 0 Å². The molecule has 2 N–H and O–H groups in total. The molecule has 0 bridgehead atoms. The van der Waals surface area contributed by atoms with E-state index in [1.807, 2.05) is 0 Å². The number of unbranched alkanes of at least 4 members (excludes halogenated alkanes) is 14. The van der Waals surface area contributed by atoms with Gasteiger partial charge in [-0.25, -0.2) is 8.37 Å². The molecule has 0 heterocycles. The van der Waals surface area contributed by atoms with E-state index < -0.39 is 32.3 Å². The fraction of sp³-hybridized carbons (Fsp3) is 1.00. The van der Waals surface area contributed by atoms with Crippen LogP contribution in [0.2, 0.25) is 0 Å². The Balaban J connectivity index is 3.80. The molecule has 0 fully saturated rings. The Morgan fingerprint density at radius 3 is 1.52 bits per heavy atom. The summed E-state index contributed by atoms with van der Waals surface area (Å²) in [5, 5.41) is -0.438. The number of alkyl halides is 1. The second-order valence-corrected chi connectivity index (χ2v) is 11.4. The molecule has 0 aliphatic carbocycles. The van der Waals surface area contributed by atoms with Crippen molar-refractivity contribution in [1.82, 2.24) is 0 Å². The van der Waals surface area contributed by atoms with Crippen molar-refractivity contribution < 1.29 is 34.3 Å². The highest BCUT2D eigenvalue weighted by atomic mass is 35.5. The normalized spacial score (nSPS) is 14.4. The van der Waals surface area contributed by atoms with E-state index >= 15 is 0 Å². The average Bonchev–Trinajstić information content (AvgIpc) is 2.71. The van der Waals surface area contributed by atoms with Crippen LogP contribution in [0.25, 0.3) is 0 Å². The lowest BCUT2D eigenvalue weighted by molar-refractivity contribution is 0.160. The van der Waals surface area contributed by atoms with Gasteiger partial charge in [-0.2, -0.15) is 16.8 Å². The summed E-state index contributed by atoms with van der Waals surface area (Å²) in [4.78, 5) is 0. The smallest absolute Gasteiger partial charge is 0.264 e. The minimum absolute atomic E-state index is 0.0233. The van der Waals surface area contributed by atoms with Gasteiger partial charge in [0.25, 0.3) is 0 Å². The molecule has 0 aliphatic heterocycles. The predicted octanol–water partition coefficient (Wildman–Crippen LogP) is 6.64. The van der Waals surface area contributed by atoms with Crippen molar-refractivity contribution in [2.24, 2.45) is 0 Å². The predicted molar refractivity (Wildman–Crippen MR) is 132 cm³/mol. The van der Waals surface area contributed by atoms with Crippen LogP contribution in [0.4, 0.5) is 0 Å². The van der Waals surface area contributed by atoms with Crippen molar-refractivity contribution >= 4 is 32.4 Å². The van der Waals surface area contributed by atoms with E-state index in [0.717, 1.165) is 77.0 Å². The van der Waals surface area contributed by atoms with Gasteiger partial charge in [0.1, 0.15) is 0 Å². The summed E-state index contributed by atoms with van der Waals surface area (Å²) >= 11 is 6.42. The molecule has 0 aromatic carbocycles. The quantitative estimate of drug-likeness (QED) is 0.0797. The van der Waals surface area contributed by atoms with Crippen LogP contribution in [0.3, 0.4) is 0 Å². The van der Waals surface area contributed by atoms with Crippen LogP contribution < -0.4 is 0 Å². The van der Waals surface area contributed by atoms with E-state index in [2.05, 4.69) is 11.1 Å². The van der Waals surface area contributed by atoms with E-state index in [4.69, 9.17) is 24.9 Å². The molecule has 0 amide bonds. The van der Waals surface area contributed by atoms with E-state index in [1.165, 1.54) is 19.3 Å². The van der Waals surface area contributed by atoms with Crippen LogP contribution in [0.1, 0.15) is 122 Å². The summed E-state index contributed by atoms with van der Waals surface area (Å²) < 4.78 is 69.8. The Morgan fingerprint density at radius 1 is 0.636 bits per heavy atom. The summed E-state index contributed by atoms with van der Waals surface area (Å²) in [6.07, 6.45) is 17.0. The van der Waals surface area contributed by atoms with Crippen molar-refractivity contribution in [3.8, 4) is 0 Å². The summed E-state index contributed by atoms with van der Waals surface area (Å²) in [6.45, 7) is 2.18. The lowest BCUT2D eigenvalue weighted by Gasteiger charge is -2.21. The van der Waals surface area contributed by atoms with Gasteiger partial charge in [0, 0.05) is 0 Å². The van der Waals surface area contributed by atoms with Gasteiger partial charge < -0.3 is 0 Å². The minimum atomic E-state index is -4.51. The van der Waals surface area contributed by atoms with E-state index in [9.17, 15) is 16.8 Å². The van der Waals surface area contributed by atoms with Gasteiger partial charge in [0.05, 0.1) is 18.1 Å². The zero-order chi connectivity index (χ0) is 25.0. The zero-order valence-corrected chi connectivity index (χ0v) is 22.5. The maximum absolute atomic E-state index is 11.2. The van der Waals surface area contributed by atoms with Gasteiger partial charge in [0.2, 0.25) is 0 Å². The highest BCUT2D eigenvalue weighted by Gasteiger charge is 2.24. The molecule has 0 rings (SSSR count). The van der Waals surface area contributed by atoms with Crippen LogP contribution in [-0.2, 0) is 29.2 Å². The Hall–Kier alpha value is 0.0300. The van der Waals surface area contributed by atoms with E-state index in [1.54, 1.807) is 0 Å². The van der Waals surface area contributed by atoms with Crippen molar-refractivity contribution in [1.29, 1.82) is 0 Å². The van der Waals surface area contributed by atoms with E-state index in [0.29, 0.717) is 19.3 Å². The lowest BCUT2D eigenvalue weighted by atomic mass is 10.0. The van der Waals surface area contributed by atoms with E-state index in [-0.39, 0.29) is 6.61 Å². The molecule has 0 radical (unpaired) electrons. The second kappa shape index (κ2) is 20.2. The molecule has 2 atom stereocenters. The van der Waals surface area contributed by atoms with Gasteiger partial charge in [-0.15, -0.1) is 11.6 Å². The molecule has 0 aliphatic rings. The zero-order valence-electron chi connectivity index (χ0n) is 20.1. The molecule has 8 nitrogen and oxygen atoms in total.